The molecule has 3 aromatic rings. The number of benzene rings is 1. The van der Waals surface area contributed by atoms with E-state index >= 15 is 0 Å². The molecule has 2 heterocycles. The molecule has 146 valence electrons. The maximum Gasteiger partial charge on any atom is 0.340 e. The molecule has 1 aromatic carbocycles. The van der Waals surface area contributed by atoms with Crippen molar-refractivity contribution in [2.75, 3.05) is 18.2 Å². The number of aromatic amines is 1. The van der Waals surface area contributed by atoms with Gasteiger partial charge in [0.1, 0.15) is 0 Å². The number of Topliss-reactive ketones (excluding diaryl/α,β-unsaturated/α-hetero) is 1. The van der Waals surface area contributed by atoms with Crippen LogP contribution >= 0.6 is 11.8 Å². The fourth-order valence-electron chi connectivity index (χ4n) is 3.02. The smallest absolute Gasteiger partial charge is 0.340 e. The van der Waals surface area contributed by atoms with Gasteiger partial charge in [0.05, 0.1) is 35.4 Å². The Morgan fingerprint density at radius 2 is 1.86 bits per heavy atom. The van der Waals surface area contributed by atoms with Crippen LogP contribution in [0, 0.1) is 13.8 Å². The summed E-state index contributed by atoms with van der Waals surface area (Å²) >= 11 is 1.23. The number of imidazole rings is 1. The monoisotopic (exact) mass is 398 g/mol. The van der Waals surface area contributed by atoms with Gasteiger partial charge in [0.15, 0.2) is 10.9 Å². The first kappa shape index (κ1) is 19.8. The van der Waals surface area contributed by atoms with Gasteiger partial charge in [-0.15, -0.1) is 0 Å². The molecular formula is C20H22N4O3S. The molecule has 0 aliphatic carbocycles. The molecule has 8 heteroatoms. The number of aromatic nitrogens is 3. The molecule has 0 aliphatic heterocycles. The van der Waals surface area contributed by atoms with Crippen LogP contribution in [0.15, 0.2) is 41.7 Å². The predicted octanol–water partition coefficient (Wildman–Crippen LogP) is 3.36. The Hall–Kier alpha value is -3.00. The van der Waals surface area contributed by atoms with E-state index in [0.717, 1.165) is 11.3 Å². The SMILES string of the molecule is CCOC(=O)c1c(C)[nH]c(C)c1C(=O)CSc1nc(-c2ccccc2)cn1N. The number of ether oxygens (including phenoxy) is 1. The zero-order chi connectivity index (χ0) is 20.3. The highest BCUT2D eigenvalue weighted by atomic mass is 32.2. The van der Waals surface area contributed by atoms with Crippen molar-refractivity contribution in [2.45, 2.75) is 25.9 Å². The molecule has 0 fully saturated rings. The molecule has 0 bridgehead atoms. The molecule has 0 atom stereocenters. The van der Waals surface area contributed by atoms with Crippen molar-refractivity contribution in [1.82, 2.24) is 14.6 Å². The normalized spacial score (nSPS) is 10.8. The number of hydrogen-bond donors (Lipinski definition) is 2. The topological polar surface area (TPSA) is 103 Å². The average molecular weight is 398 g/mol. The lowest BCUT2D eigenvalue weighted by atomic mass is 10.1. The second kappa shape index (κ2) is 8.35. The highest BCUT2D eigenvalue weighted by Gasteiger charge is 2.25. The second-order valence-electron chi connectivity index (χ2n) is 6.24. The van der Waals surface area contributed by atoms with E-state index in [2.05, 4.69) is 9.97 Å². The third kappa shape index (κ3) is 3.96. The summed E-state index contributed by atoms with van der Waals surface area (Å²) in [5, 5.41) is 0.523. The number of H-pyrrole nitrogens is 1. The summed E-state index contributed by atoms with van der Waals surface area (Å²) in [6, 6.07) is 9.67. The Bertz CT molecular complexity index is 1010. The molecule has 3 rings (SSSR count). The van der Waals surface area contributed by atoms with Crippen LogP contribution in [0.1, 0.15) is 39.0 Å². The van der Waals surface area contributed by atoms with E-state index in [0.29, 0.717) is 27.7 Å². The number of ketones is 1. The van der Waals surface area contributed by atoms with Crippen molar-refractivity contribution in [3.05, 3.63) is 59.0 Å². The van der Waals surface area contributed by atoms with Crippen LogP contribution in [0.3, 0.4) is 0 Å². The number of rotatable bonds is 7. The first-order valence-corrected chi connectivity index (χ1v) is 9.83. The lowest BCUT2D eigenvalue weighted by molar-refractivity contribution is 0.0522. The van der Waals surface area contributed by atoms with Crippen LogP contribution in [-0.4, -0.2) is 38.8 Å². The van der Waals surface area contributed by atoms with E-state index in [1.54, 1.807) is 27.0 Å². The number of nitrogens with one attached hydrogen (secondary N) is 1. The van der Waals surface area contributed by atoms with E-state index in [1.165, 1.54) is 16.4 Å². The van der Waals surface area contributed by atoms with Crippen LogP contribution in [0.4, 0.5) is 0 Å². The quantitative estimate of drug-likeness (QED) is 0.274. The lowest BCUT2D eigenvalue weighted by Gasteiger charge is -2.06. The molecule has 0 aliphatic rings. The lowest BCUT2D eigenvalue weighted by Crippen LogP contribution is -2.14. The summed E-state index contributed by atoms with van der Waals surface area (Å²) in [6.07, 6.45) is 1.72. The fraction of sp³-hybridized carbons (Fsp3) is 0.250. The van der Waals surface area contributed by atoms with Gasteiger partial charge in [-0.1, -0.05) is 42.1 Å². The number of nitrogens with two attached hydrogens (primary N) is 1. The summed E-state index contributed by atoms with van der Waals surface area (Å²) in [4.78, 5) is 32.7. The minimum atomic E-state index is -0.496. The second-order valence-corrected chi connectivity index (χ2v) is 7.18. The Balaban J connectivity index is 1.79. The standard InChI is InChI=1S/C20H22N4O3S/c1-4-27-19(26)18-13(3)22-12(2)17(18)16(25)11-28-20-23-15(10-24(20)21)14-8-6-5-7-9-14/h5-10,22H,4,11,21H2,1-3H3. The molecule has 28 heavy (non-hydrogen) atoms. The fourth-order valence-corrected chi connectivity index (χ4v) is 3.79. The Kier molecular flexibility index (Phi) is 5.89. The number of nitrogen functional groups attached to an aromatic ring is 1. The molecule has 0 unspecified atom stereocenters. The van der Waals surface area contributed by atoms with Gasteiger partial charge >= 0.3 is 5.97 Å². The molecule has 2 aromatic heterocycles. The number of carbonyl (C=O) groups excluding carboxylic acids is 2. The van der Waals surface area contributed by atoms with Crippen molar-refractivity contribution in [3.63, 3.8) is 0 Å². The van der Waals surface area contributed by atoms with Gasteiger partial charge in [-0.05, 0) is 20.8 Å². The number of thioether (sulfide) groups is 1. The van der Waals surface area contributed by atoms with Crippen molar-refractivity contribution in [3.8, 4) is 11.3 Å². The third-order valence-electron chi connectivity index (χ3n) is 4.23. The molecule has 0 saturated heterocycles. The predicted molar refractivity (Wildman–Crippen MR) is 109 cm³/mol. The zero-order valence-corrected chi connectivity index (χ0v) is 16.8. The highest BCUT2D eigenvalue weighted by Crippen LogP contribution is 2.26. The van der Waals surface area contributed by atoms with Gasteiger partial charge in [-0.3, -0.25) is 4.79 Å². The van der Waals surface area contributed by atoms with Gasteiger partial charge in [-0.2, -0.15) is 0 Å². The van der Waals surface area contributed by atoms with E-state index in [9.17, 15) is 9.59 Å². The van der Waals surface area contributed by atoms with Crippen molar-refractivity contribution < 1.29 is 14.3 Å². The molecule has 7 nitrogen and oxygen atoms in total. The van der Waals surface area contributed by atoms with E-state index < -0.39 is 5.97 Å². The van der Waals surface area contributed by atoms with Gasteiger partial charge in [0.25, 0.3) is 0 Å². The average Bonchev–Trinajstić information content (AvgIpc) is 3.19. The zero-order valence-electron chi connectivity index (χ0n) is 16.0. The Morgan fingerprint density at radius 1 is 1.18 bits per heavy atom. The third-order valence-corrected chi connectivity index (χ3v) is 5.20. The molecular weight excluding hydrogens is 376 g/mol. The maximum absolute atomic E-state index is 12.8. The van der Waals surface area contributed by atoms with Crippen LogP contribution in [0.25, 0.3) is 11.3 Å². The first-order chi connectivity index (χ1) is 13.4. The van der Waals surface area contributed by atoms with Crippen LogP contribution in [0.2, 0.25) is 0 Å². The van der Waals surface area contributed by atoms with Gasteiger partial charge in [-0.25, -0.2) is 14.5 Å². The molecule has 0 radical (unpaired) electrons. The van der Waals surface area contributed by atoms with Crippen LogP contribution in [0.5, 0.6) is 0 Å². The minimum Gasteiger partial charge on any atom is -0.462 e. The van der Waals surface area contributed by atoms with Gasteiger partial charge in [0, 0.05) is 17.0 Å². The highest BCUT2D eigenvalue weighted by molar-refractivity contribution is 7.99. The summed E-state index contributed by atoms with van der Waals surface area (Å²) in [6.45, 7) is 5.50. The van der Waals surface area contributed by atoms with Crippen molar-refractivity contribution in [1.29, 1.82) is 0 Å². The van der Waals surface area contributed by atoms with Crippen LogP contribution < -0.4 is 5.84 Å². The maximum atomic E-state index is 12.8. The Morgan fingerprint density at radius 3 is 2.54 bits per heavy atom. The molecule has 0 amide bonds. The molecule has 3 N–H and O–H groups in total. The number of nitrogens with zero attached hydrogens (tertiary/aromatic N) is 2. The number of hydrogen-bond acceptors (Lipinski definition) is 6. The summed E-state index contributed by atoms with van der Waals surface area (Å²) < 4.78 is 6.50. The van der Waals surface area contributed by atoms with Crippen LogP contribution in [-0.2, 0) is 4.74 Å². The number of esters is 1. The van der Waals surface area contributed by atoms with E-state index in [1.807, 2.05) is 30.3 Å². The van der Waals surface area contributed by atoms with E-state index in [-0.39, 0.29) is 18.1 Å². The van der Waals surface area contributed by atoms with Gasteiger partial charge < -0.3 is 15.6 Å². The number of carbonyl (C=O) groups is 2. The summed E-state index contributed by atoms with van der Waals surface area (Å²) in [5.41, 5.74) is 3.61. The largest absolute Gasteiger partial charge is 0.462 e. The van der Waals surface area contributed by atoms with Crippen molar-refractivity contribution >= 4 is 23.5 Å². The Labute approximate surface area is 167 Å². The summed E-state index contributed by atoms with van der Waals surface area (Å²) in [7, 11) is 0. The van der Waals surface area contributed by atoms with Gasteiger partial charge in [0.2, 0.25) is 0 Å². The van der Waals surface area contributed by atoms with E-state index in [4.69, 9.17) is 10.6 Å². The minimum absolute atomic E-state index is 0.104. The molecule has 0 saturated carbocycles. The summed E-state index contributed by atoms with van der Waals surface area (Å²) in [5.74, 6) is 5.42. The van der Waals surface area contributed by atoms with Crippen molar-refractivity contribution in [2.24, 2.45) is 0 Å². The number of aryl methyl sites for hydroxylation is 2. The molecule has 0 spiro atoms. The first-order valence-electron chi connectivity index (χ1n) is 8.84.